The van der Waals surface area contributed by atoms with Crippen molar-refractivity contribution < 1.29 is 13.9 Å². The molecule has 3 atom stereocenters. The Bertz CT molecular complexity index is 545. The molecule has 0 bridgehead atoms. The van der Waals surface area contributed by atoms with Crippen LogP contribution in [0.25, 0.3) is 0 Å². The van der Waals surface area contributed by atoms with Crippen molar-refractivity contribution in [2.75, 3.05) is 33.3 Å². The molecule has 0 aromatic carbocycles. The monoisotopic (exact) mass is 336 g/mol. The minimum atomic E-state index is -0.780. The number of hydrogen-bond acceptors (Lipinski definition) is 6. The molecular weight excluding hydrogens is 311 g/mol. The third-order valence-electron chi connectivity index (χ3n) is 4.90. The second kappa shape index (κ2) is 7.98. The van der Waals surface area contributed by atoms with Crippen LogP contribution in [0.5, 0.6) is 0 Å². The maximum Gasteiger partial charge on any atom is 0.309 e. The zero-order valence-electron chi connectivity index (χ0n) is 14.1. The summed E-state index contributed by atoms with van der Waals surface area (Å²) in [7, 11) is 2.04. The number of likely N-dealkylation sites (tertiary alicyclic amines) is 1. The molecule has 0 spiro atoms. The zero-order chi connectivity index (χ0) is 16.9. The Morgan fingerprint density at radius 2 is 2.21 bits per heavy atom. The van der Waals surface area contributed by atoms with Crippen molar-refractivity contribution in [1.82, 2.24) is 19.8 Å². The number of ether oxygens (including phenoxy) is 1. The van der Waals surface area contributed by atoms with Gasteiger partial charge in [0.15, 0.2) is 0 Å². The van der Waals surface area contributed by atoms with E-state index in [-0.39, 0.29) is 17.9 Å². The number of carbonyl (C=O) groups is 1. The van der Waals surface area contributed by atoms with E-state index in [4.69, 9.17) is 4.74 Å². The van der Waals surface area contributed by atoms with Crippen molar-refractivity contribution in [1.29, 1.82) is 0 Å². The second-order valence-electron chi connectivity index (χ2n) is 6.87. The van der Waals surface area contributed by atoms with E-state index in [2.05, 4.69) is 19.8 Å². The first-order chi connectivity index (χ1) is 11.6. The molecule has 7 heteroatoms. The lowest BCUT2D eigenvalue weighted by atomic mass is 10.0. The summed E-state index contributed by atoms with van der Waals surface area (Å²) in [6, 6.07) is 0.181. The predicted octanol–water partition coefficient (Wildman–Crippen LogP) is 1.27. The predicted molar refractivity (Wildman–Crippen MR) is 86.9 cm³/mol. The van der Waals surface area contributed by atoms with E-state index in [1.165, 1.54) is 6.33 Å². The minimum Gasteiger partial charge on any atom is -0.465 e. The number of nitrogens with zero attached hydrogens (tertiary/aromatic N) is 4. The van der Waals surface area contributed by atoms with Gasteiger partial charge in [0.25, 0.3) is 0 Å². The highest BCUT2D eigenvalue weighted by Gasteiger charge is 2.33. The van der Waals surface area contributed by atoms with Crippen LogP contribution in [0.2, 0.25) is 0 Å². The van der Waals surface area contributed by atoms with Crippen molar-refractivity contribution >= 4 is 5.97 Å². The maximum absolute atomic E-state index is 13.9. The Morgan fingerprint density at radius 3 is 2.92 bits per heavy atom. The highest BCUT2D eigenvalue weighted by atomic mass is 19.1. The van der Waals surface area contributed by atoms with Crippen LogP contribution in [0.3, 0.4) is 0 Å². The van der Waals surface area contributed by atoms with Gasteiger partial charge in [-0.1, -0.05) is 0 Å². The summed E-state index contributed by atoms with van der Waals surface area (Å²) in [5.74, 6) is -0.0404. The fourth-order valence-electron chi connectivity index (χ4n) is 3.58. The van der Waals surface area contributed by atoms with Crippen LogP contribution in [-0.4, -0.2) is 71.2 Å². The van der Waals surface area contributed by atoms with Gasteiger partial charge in [-0.3, -0.25) is 9.69 Å². The first-order valence-corrected chi connectivity index (χ1v) is 8.59. The van der Waals surface area contributed by atoms with E-state index in [9.17, 15) is 9.18 Å². The lowest BCUT2D eigenvalue weighted by molar-refractivity contribution is -0.141. The van der Waals surface area contributed by atoms with Gasteiger partial charge in [0.05, 0.1) is 12.5 Å². The van der Waals surface area contributed by atoms with Gasteiger partial charge < -0.3 is 9.64 Å². The highest BCUT2D eigenvalue weighted by Crippen LogP contribution is 2.24. The molecule has 2 saturated heterocycles. The Labute approximate surface area is 142 Å². The van der Waals surface area contributed by atoms with E-state index in [1.807, 2.05) is 7.05 Å². The van der Waals surface area contributed by atoms with Crippen LogP contribution in [0, 0.1) is 5.92 Å². The standard InChI is InChI=1S/C17H25FN4O2/c1-21(4-2-14-3-5-24-17(14)23)11-16-6-15(18)10-22(16)9-13-7-19-12-20-8-13/h7-8,12,14-16H,2-6,9-11H2,1H3/t14?,15-,16-/m0/s1. The molecular formula is C17H25FN4O2. The molecule has 1 aromatic heterocycles. The summed E-state index contributed by atoms with van der Waals surface area (Å²) in [6.45, 7) is 3.31. The fourth-order valence-corrected chi connectivity index (χ4v) is 3.58. The average molecular weight is 336 g/mol. The lowest BCUT2D eigenvalue weighted by Crippen LogP contribution is -2.39. The van der Waals surface area contributed by atoms with Gasteiger partial charge in [-0.05, 0) is 32.9 Å². The quantitative estimate of drug-likeness (QED) is 0.699. The normalized spacial score (nSPS) is 27.8. The number of likely N-dealkylation sites (N-methyl/N-ethyl adjacent to an activating group) is 1. The van der Waals surface area contributed by atoms with E-state index in [0.717, 1.165) is 31.5 Å². The fraction of sp³-hybridized carbons (Fsp3) is 0.706. The molecule has 2 fully saturated rings. The van der Waals surface area contributed by atoms with Crippen molar-refractivity contribution in [2.45, 2.75) is 38.0 Å². The molecule has 0 radical (unpaired) electrons. The molecule has 0 saturated carbocycles. The largest absolute Gasteiger partial charge is 0.465 e. The summed E-state index contributed by atoms with van der Waals surface area (Å²) in [5, 5.41) is 0. The molecule has 0 amide bonds. The van der Waals surface area contributed by atoms with Crippen LogP contribution in [-0.2, 0) is 16.1 Å². The number of rotatable bonds is 7. The van der Waals surface area contributed by atoms with E-state index >= 15 is 0 Å². The zero-order valence-corrected chi connectivity index (χ0v) is 14.1. The number of alkyl halides is 1. The van der Waals surface area contributed by atoms with E-state index in [1.54, 1.807) is 12.4 Å². The molecule has 6 nitrogen and oxygen atoms in total. The van der Waals surface area contributed by atoms with Crippen molar-refractivity contribution in [2.24, 2.45) is 5.92 Å². The molecule has 0 aliphatic carbocycles. The molecule has 0 N–H and O–H groups in total. The molecule has 3 rings (SSSR count). The SMILES string of the molecule is CN(CCC1CCOC1=O)C[C@@H]1C[C@H](F)CN1Cc1cncnc1. The second-order valence-corrected chi connectivity index (χ2v) is 6.87. The summed E-state index contributed by atoms with van der Waals surface area (Å²) in [4.78, 5) is 23.9. The van der Waals surface area contributed by atoms with Gasteiger partial charge in [0.1, 0.15) is 12.5 Å². The molecule has 2 aliphatic rings. The number of esters is 1. The van der Waals surface area contributed by atoms with E-state index in [0.29, 0.717) is 26.1 Å². The van der Waals surface area contributed by atoms with Gasteiger partial charge in [-0.2, -0.15) is 0 Å². The average Bonchev–Trinajstić information content (AvgIpc) is 3.12. The van der Waals surface area contributed by atoms with Crippen LogP contribution in [0.15, 0.2) is 18.7 Å². The summed E-state index contributed by atoms with van der Waals surface area (Å²) in [6.07, 6.45) is 6.48. The van der Waals surface area contributed by atoms with Crippen LogP contribution in [0.1, 0.15) is 24.8 Å². The van der Waals surface area contributed by atoms with Crippen molar-refractivity contribution in [3.05, 3.63) is 24.3 Å². The molecule has 2 aliphatic heterocycles. The Balaban J connectivity index is 1.49. The van der Waals surface area contributed by atoms with Gasteiger partial charge in [0, 0.05) is 43.6 Å². The number of cyclic esters (lactones) is 1. The molecule has 24 heavy (non-hydrogen) atoms. The minimum absolute atomic E-state index is 0.0301. The Hall–Kier alpha value is -1.60. The van der Waals surface area contributed by atoms with Crippen molar-refractivity contribution in [3.8, 4) is 0 Å². The summed E-state index contributed by atoms with van der Waals surface area (Å²) >= 11 is 0. The van der Waals surface area contributed by atoms with Crippen LogP contribution in [0.4, 0.5) is 4.39 Å². The highest BCUT2D eigenvalue weighted by molar-refractivity contribution is 5.74. The maximum atomic E-state index is 13.9. The molecule has 132 valence electrons. The van der Waals surface area contributed by atoms with Gasteiger partial charge in [-0.15, -0.1) is 0 Å². The first-order valence-electron chi connectivity index (χ1n) is 8.59. The molecule has 1 aromatic rings. The summed E-state index contributed by atoms with van der Waals surface area (Å²) in [5.41, 5.74) is 1.01. The smallest absolute Gasteiger partial charge is 0.309 e. The van der Waals surface area contributed by atoms with Crippen LogP contribution < -0.4 is 0 Å². The van der Waals surface area contributed by atoms with Crippen molar-refractivity contribution in [3.63, 3.8) is 0 Å². The van der Waals surface area contributed by atoms with Crippen LogP contribution >= 0.6 is 0 Å². The Morgan fingerprint density at radius 1 is 1.42 bits per heavy atom. The Kier molecular flexibility index (Phi) is 5.73. The first kappa shape index (κ1) is 17.2. The third kappa shape index (κ3) is 4.48. The summed E-state index contributed by atoms with van der Waals surface area (Å²) < 4.78 is 18.9. The number of aromatic nitrogens is 2. The lowest BCUT2D eigenvalue weighted by Gasteiger charge is -2.28. The van der Waals surface area contributed by atoms with Gasteiger partial charge in [0.2, 0.25) is 0 Å². The number of hydrogen-bond donors (Lipinski definition) is 0. The van der Waals surface area contributed by atoms with Gasteiger partial charge in [-0.25, -0.2) is 14.4 Å². The molecule has 1 unspecified atom stereocenters. The van der Waals surface area contributed by atoms with E-state index < -0.39 is 6.17 Å². The van der Waals surface area contributed by atoms with Gasteiger partial charge >= 0.3 is 5.97 Å². The molecule has 3 heterocycles. The number of halogens is 1. The number of carbonyl (C=O) groups excluding carboxylic acids is 1. The topological polar surface area (TPSA) is 58.6 Å². The third-order valence-corrected chi connectivity index (χ3v) is 4.90.